The van der Waals surface area contributed by atoms with Gasteiger partial charge in [0.1, 0.15) is 17.1 Å². The van der Waals surface area contributed by atoms with Gasteiger partial charge in [0, 0.05) is 24.3 Å². The highest BCUT2D eigenvalue weighted by Crippen LogP contribution is 2.45. The normalized spacial score (nSPS) is 15.1. The zero-order chi connectivity index (χ0) is 24.9. The van der Waals surface area contributed by atoms with E-state index in [0.29, 0.717) is 66.1 Å². The maximum absolute atomic E-state index is 13.4. The van der Waals surface area contributed by atoms with Crippen LogP contribution in [-0.4, -0.2) is 57.6 Å². The van der Waals surface area contributed by atoms with Crippen molar-refractivity contribution in [2.24, 2.45) is 5.92 Å². The predicted octanol–water partition coefficient (Wildman–Crippen LogP) is 4.53. The number of phenolic OH excluding ortho intramolecular Hbond substituents is 1. The van der Waals surface area contributed by atoms with Crippen LogP contribution < -0.4 is 9.47 Å². The highest BCUT2D eigenvalue weighted by molar-refractivity contribution is 6.00. The van der Waals surface area contributed by atoms with Gasteiger partial charge in [-0.25, -0.2) is 0 Å². The largest absolute Gasteiger partial charge is 0.507 e. The molecule has 0 spiro atoms. The summed E-state index contributed by atoms with van der Waals surface area (Å²) in [6, 6.07) is 12.2. The number of benzene rings is 2. The molecule has 1 aliphatic rings. The monoisotopic (exact) mass is 479 g/mol. The summed E-state index contributed by atoms with van der Waals surface area (Å²) in [4.78, 5) is 15.1. The van der Waals surface area contributed by atoms with Gasteiger partial charge in [-0.2, -0.15) is 5.10 Å². The number of carbonyl (C=O) groups is 1. The molecule has 8 heteroatoms. The van der Waals surface area contributed by atoms with E-state index < -0.39 is 6.04 Å². The number of rotatable bonds is 11. The van der Waals surface area contributed by atoms with Crippen molar-refractivity contribution in [2.75, 3.05) is 26.4 Å². The molecule has 8 nitrogen and oxygen atoms in total. The molecule has 1 aliphatic heterocycles. The molecule has 0 aliphatic carbocycles. The van der Waals surface area contributed by atoms with Crippen LogP contribution in [0.15, 0.2) is 42.5 Å². The average molecular weight is 480 g/mol. The lowest BCUT2D eigenvalue weighted by Crippen LogP contribution is -2.31. The quantitative estimate of drug-likeness (QED) is 0.373. The fourth-order valence-corrected chi connectivity index (χ4v) is 4.38. The molecule has 0 unspecified atom stereocenters. The van der Waals surface area contributed by atoms with Gasteiger partial charge in [0.15, 0.2) is 11.5 Å². The number of hydrogen-bond donors (Lipinski definition) is 3. The summed E-state index contributed by atoms with van der Waals surface area (Å²) < 4.78 is 11.9. The van der Waals surface area contributed by atoms with Crippen molar-refractivity contribution in [3.63, 3.8) is 0 Å². The number of nitrogens with zero attached hydrogens (tertiary/aromatic N) is 2. The van der Waals surface area contributed by atoms with E-state index in [1.165, 1.54) is 0 Å². The summed E-state index contributed by atoms with van der Waals surface area (Å²) in [5, 5.41) is 27.2. The van der Waals surface area contributed by atoms with Crippen LogP contribution in [0.1, 0.15) is 61.3 Å². The maximum Gasteiger partial charge on any atom is 0.273 e. The van der Waals surface area contributed by atoms with Crippen molar-refractivity contribution in [3.05, 3.63) is 59.3 Å². The second-order valence-corrected chi connectivity index (χ2v) is 9.03. The molecule has 2 aromatic carbocycles. The van der Waals surface area contributed by atoms with Crippen molar-refractivity contribution >= 4 is 5.91 Å². The number of ether oxygens (including phenoxy) is 2. The number of aliphatic hydroxyl groups is 1. The topological polar surface area (TPSA) is 108 Å². The lowest BCUT2D eigenvalue weighted by molar-refractivity contribution is 0.0732. The predicted molar refractivity (Wildman–Crippen MR) is 133 cm³/mol. The number of H-pyrrole nitrogens is 1. The average Bonchev–Trinajstić information content (AvgIpc) is 3.37. The summed E-state index contributed by atoms with van der Waals surface area (Å²) in [6.45, 7) is 7.63. The third-order valence-corrected chi connectivity index (χ3v) is 6.12. The Bertz CT molecular complexity index is 1170. The lowest BCUT2D eigenvalue weighted by Gasteiger charge is -2.27. The Labute approximate surface area is 205 Å². The number of aliphatic hydroxyl groups excluding tert-OH is 1. The van der Waals surface area contributed by atoms with E-state index in [1.807, 2.05) is 31.2 Å². The third-order valence-electron chi connectivity index (χ3n) is 6.12. The number of hydrogen-bond acceptors (Lipinski definition) is 6. The molecule has 0 radical (unpaired) electrons. The number of aromatic hydroxyl groups is 1. The molecule has 1 amide bonds. The molecule has 1 atom stereocenters. The summed E-state index contributed by atoms with van der Waals surface area (Å²) in [6.07, 6.45) is 1.38. The van der Waals surface area contributed by atoms with Crippen LogP contribution in [0.5, 0.6) is 17.2 Å². The molecule has 186 valence electrons. The molecule has 4 rings (SSSR count). The van der Waals surface area contributed by atoms with Gasteiger partial charge < -0.3 is 24.6 Å². The Morgan fingerprint density at radius 2 is 1.94 bits per heavy atom. The Balaban J connectivity index is 1.78. The Morgan fingerprint density at radius 1 is 1.14 bits per heavy atom. The summed E-state index contributed by atoms with van der Waals surface area (Å²) >= 11 is 0. The number of nitrogens with one attached hydrogen (secondary N) is 1. The van der Waals surface area contributed by atoms with Crippen LogP contribution >= 0.6 is 0 Å². The summed E-state index contributed by atoms with van der Waals surface area (Å²) in [5.41, 5.74) is 3.00. The minimum atomic E-state index is -0.457. The van der Waals surface area contributed by atoms with Crippen molar-refractivity contribution < 1.29 is 24.5 Å². The van der Waals surface area contributed by atoms with E-state index in [4.69, 9.17) is 9.47 Å². The smallest absolute Gasteiger partial charge is 0.273 e. The van der Waals surface area contributed by atoms with E-state index in [2.05, 4.69) is 24.0 Å². The number of amides is 1. The van der Waals surface area contributed by atoms with E-state index >= 15 is 0 Å². The van der Waals surface area contributed by atoms with Gasteiger partial charge in [-0.15, -0.1) is 0 Å². The second-order valence-electron chi connectivity index (χ2n) is 9.03. The Kier molecular flexibility index (Phi) is 7.60. The molecule has 0 saturated heterocycles. The van der Waals surface area contributed by atoms with Gasteiger partial charge in [0.2, 0.25) is 0 Å². The zero-order valence-corrected chi connectivity index (χ0v) is 20.5. The molecule has 0 fully saturated rings. The second kappa shape index (κ2) is 10.8. The van der Waals surface area contributed by atoms with Crippen molar-refractivity contribution in [2.45, 2.75) is 39.7 Å². The van der Waals surface area contributed by atoms with Crippen molar-refractivity contribution in [3.8, 4) is 28.5 Å². The SMILES string of the molecule is CCOc1cc([C@H]2c3c(-c4ccccc4O)n[nH]c3C(=O)N2CCCO)ccc1OCCC(C)C. The molecule has 2 heterocycles. The molecule has 0 saturated carbocycles. The number of fused-ring (bicyclic) bond motifs is 1. The van der Waals surface area contributed by atoms with Crippen LogP contribution in [0.25, 0.3) is 11.3 Å². The number of aromatic nitrogens is 2. The molecular formula is C27H33N3O5. The zero-order valence-electron chi connectivity index (χ0n) is 20.5. The van der Waals surface area contributed by atoms with E-state index in [0.717, 1.165) is 12.0 Å². The van der Waals surface area contributed by atoms with Gasteiger partial charge in [0.05, 0.1) is 19.3 Å². The van der Waals surface area contributed by atoms with E-state index in [9.17, 15) is 15.0 Å². The first kappa shape index (κ1) is 24.6. The lowest BCUT2D eigenvalue weighted by atomic mass is 9.95. The first-order valence-corrected chi connectivity index (χ1v) is 12.1. The highest BCUT2D eigenvalue weighted by Gasteiger charge is 2.42. The van der Waals surface area contributed by atoms with Gasteiger partial charge in [-0.3, -0.25) is 9.89 Å². The van der Waals surface area contributed by atoms with Gasteiger partial charge in [0.25, 0.3) is 5.91 Å². The number of aromatic amines is 1. The molecule has 1 aromatic heterocycles. The molecule has 0 bridgehead atoms. The summed E-state index contributed by atoms with van der Waals surface area (Å²) in [5.74, 6) is 1.70. The number of phenols is 1. The fraction of sp³-hybridized carbons (Fsp3) is 0.407. The van der Waals surface area contributed by atoms with Crippen LogP contribution in [0.4, 0.5) is 0 Å². The van der Waals surface area contributed by atoms with Crippen LogP contribution in [-0.2, 0) is 0 Å². The standard InChI is InChI=1S/C27H33N3O5/c1-4-34-22-16-18(10-11-21(22)35-15-12-17(2)3)26-23-24(19-8-5-6-9-20(19)32)28-29-25(23)27(33)30(26)13-7-14-31/h5-6,8-11,16-17,26,31-32H,4,7,12-15H2,1-3H3,(H,28,29)/t26-/m0/s1. The van der Waals surface area contributed by atoms with Gasteiger partial charge in [-0.05, 0) is 55.5 Å². The van der Waals surface area contributed by atoms with Crippen molar-refractivity contribution in [1.82, 2.24) is 15.1 Å². The van der Waals surface area contributed by atoms with Crippen LogP contribution in [0.2, 0.25) is 0 Å². The number of para-hydroxylation sites is 1. The van der Waals surface area contributed by atoms with Crippen LogP contribution in [0, 0.1) is 5.92 Å². The minimum absolute atomic E-state index is 0.0260. The molecule has 3 aromatic rings. The Morgan fingerprint density at radius 3 is 2.66 bits per heavy atom. The molecule has 3 N–H and O–H groups in total. The Hall–Kier alpha value is -3.52. The minimum Gasteiger partial charge on any atom is -0.507 e. The molecule has 35 heavy (non-hydrogen) atoms. The fourth-order valence-electron chi connectivity index (χ4n) is 4.38. The molecular weight excluding hydrogens is 446 g/mol. The number of carbonyl (C=O) groups excluding carboxylic acids is 1. The van der Waals surface area contributed by atoms with Crippen molar-refractivity contribution in [1.29, 1.82) is 0 Å². The van der Waals surface area contributed by atoms with E-state index in [-0.39, 0.29) is 18.3 Å². The van der Waals surface area contributed by atoms with Crippen LogP contribution in [0.3, 0.4) is 0 Å². The first-order chi connectivity index (χ1) is 17.0. The maximum atomic E-state index is 13.4. The van der Waals surface area contributed by atoms with Gasteiger partial charge in [-0.1, -0.05) is 32.0 Å². The third kappa shape index (κ3) is 4.98. The van der Waals surface area contributed by atoms with E-state index in [1.54, 1.807) is 23.1 Å². The highest BCUT2D eigenvalue weighted by atomic mass is 16.5. The summed E-state index contributed by atoms with van der Waals surface area (Å²) in [7, 11) is 0. The first-order valence-electron chi connectivity index (χ1n) is 12.1. The van der Waals surface area contributed by atoms with Gasteiger partial charge >= 0.3 is 0 Å².